The van der Waals surface area contributed by atoms with Crippen LogP contribution in [0.25, 0.3) is 11.0 Å². The number of rotatable bonds is 5. The monoisotopic (exact) mass is 311 g/mol. The maximum absolute atomic E-state index is 12.5. The van der Waals surface area contributed by atoms with Gasteiger partial charge in [0.05, 0.1) is 16.7 Å². The molecular weight excluding hydrogens is 290 g/mol. The summed E-state index contributed by atoms with van der Waals surface area (Å²) in [5, 5.41) is 7.19. The van der Waals surface area contributed by atoms with Gasteiger partial charge in [-0.1, -0.05) is 12.1 Å². The average molecular weight is 311 g/mol. The number of aryl methyl sites for hydroxylation is 2. The number of hydrogen-bond acceptors (Lipinski definition) is 3. The van der Waals surface area contributed by atoms with E-state index in [9.17, 15) is 4.79 Å². The number of benzene rings is 1. The first-order valence-electron chi connectivity index (χ1n) is 7.77. The number of imidazole rings is 1. The van der Waals surface area contributed by atoms with Gasteiger partial charge < -0.3 is 9.88 Å². The Balaban J connectivity index is 1.61. The molecule has 0 saturated heterocycles. The van der Waals surface area contributed by atoms with E-state index in [4.69, 9.17) is 0 Å². The Kier molecular flexibility index (Phi) is 4.14. The van der Waals surface area contributed by atoms with Gasteiger partial charge in [-0.2, -0.15) is 5.10 Å². The zero-order chi connectivity index (χ0) is 16.4. The molecular formula is C17H21N5O. The number of para-hydroxylation sites is 2. The lowest BCUT2D eigenvalue weighted by atomic mass is 10.1. The maximum atomic E-state index is 12.5. The summed E-state index contributed by atoms with van der Waals surface area (Å²) in [6.07, 6.45) is 1.80. The van der Waals surface area contributed by atoms with Crippen molar-refractivity contribution in [3.63, 3.8) is 0 Å². The van der Waals surface area contributed by atoms with E-state index in [2.05, 4.69) is 20.2 Å². The fourth-order valence-corrected chi connectivity index (χ4v) is 2.77. The molecule has 0 fully saturated rings. The van der Waals surface area contributed by atoms with Crippen LogP contribution in [-0.4, -0.2) is 44.6 Å². The van der Waals surface area contributed by atoms with Crippen molar-refractivity contribution in [1.82, 2.24) is 25.1 Å². The van der Waals surface area contributed by atoms with E-state index in [1.54, 1.807) is 4.90 Å². The number of carbonyl (C=O) groups excluding carboxylic acids is 1. The number of carbonyl (C=O) groups is 1. The van der Waals surface area contributed by atoms with Crippen LogP contribution in [0.5, 0.6) is 0 Å². The highest BCUT2D eigenvalue weighted by Crippen LogP contribution is 2.14. The van der Waals surface area contributed by atoms with E-state index in [1.807, 2.05) is 45.2 Å². The topological polar surface area (TPSA) is 77.7 Å². The van der Waals surface area contributed by atoms with Crippen LogP contribution in [-0.2, 0) is 6.42 Å². The van der Waals surface area contributed by atoms with E-state index < -0.39 is 0 Å². The third kappa shape index (κ3) is 3.11. The zero-order valence-corrected chi connectivity index (χ0v) is 13.7. The number of fused-ring (bicyclic) bond motifs is 1. The predicted octanol–water partition coefficient (Wildman–Crippen LogP) is 2.61. The number of nitrogens with one attached hydrogen (secondary N) is 2. The standard InChI is InChI=1S/C17H21N5O/c1-11-13(12(2)21-20-11)7-6-10-22(3)17(23)16-18-14-8-4-5-9-15(14)19-16/h4-5,8-9H,6-7,10H2,1-3H3,(H,18,19)(H,20,21). The van der Waals surface area contributed by atoms with Crippen molar-refractivity contribution in [3.05, 3.63) is 47.0 Å². The normalized spacial score (nSPS) is 11.1. The van der Waals surface area contributed by atoms with Gasteiger partial charge in [0.2, 0.25) is 0 Å². The molecule has 0 bridgehead atoms. The Bertz CT molecular complexity index is 780. The molecule has 0 aliphatic rings. The van der Waals surface area contributed by atoms with Crippen LogP contribution in [0, 0.1) is 13.8 Å². The Hall–Kier alpha value is -2.63. The average Bonchev–Trinajstić information content (AvgIpc) is 3.11. The number of nitrogens with zero attached hydrogens (tertiary/aromatic N) is 3. The minimum absolute atomic E-state index is 0.0816. The van der Waals surface area contributed by atoms with Gasteiger partial charge in [0.1, 0.15) is 0 Å². The molecule has 3 aromatic rings. The smallest absolute Gasteiger partial charge is 0.289 e. The van der Waals surface area contributed by atoms with Crippen molar-refractivity contribution in [1.29, 1.82) is 0 Å². The lowest BCUT2D eigenvalue weighted by molar-refractivity contribution is 0.0783. The molecule has 2 aromatic heterocycles. The third-order valence-corrected chi connectivity index (χ3v) is 4.14. The zero-order valence-electron chi connectivity index (χ0n) is 13.7. The molecule has 2 heterocycles. The van der Waals surface area contributed by atoms with Crippen molar-refractivity contribution in [2.75, 3.05) is 13.6 Å². The first-order valence-corrected chi connectivity index (χ1v) is 7.77. The predicted molar refractivity (Wildman–Crippen MR) is 89.4 cm³/mol. The van der Waals surface area contributed by atoms with Crippen LogP contribution in [0.15, 0.2) is 24.3 Å². The second-order valence-corrected chi connectivity index (χ2v) is 5.85. The highest BCUT2D eigenvalue weighted by atomic mass is 16.2. The van der Waals surface area contributed by atoms with E-state index >= 15 is 0 Å². The lowest BCUT2D eigenvalue weighted by Gasteiger charge is -2.15. The van der Waals surface area contributed by atoms with Gasteiger partial charge in [-0.3, -0.25) is 9.89 Å². The molecule has 0 saturated carbocycles. The first-order chi connectivity index (χ1) is 11.1. The van der Waals surface area contributed by atoms with Gasteiger partial charge in [0, 0.05) is 19.3 Å². The van der Waals surface area contributed by atoms with Crippen molar-refractivity contribution < 1.29 is 4.79 Å². The summed E-state index contributed by atoms with van der Waals surface area (Å²) >= 11 is 0. The molecule has 0 spiro atoms. The van der Waals surface area contributed by atoms with Crippen molar-refractivity contribution >= 4 is 16.9 Å². The second-order valence-electron chi connectivity index (χ2n) is 5.85. The Morgan fingerprint density at radius 2 is 2.04 bits per heavy atom. The van der Waals surface area contributed by atoms with Gasteiger partial charge in [-0.25, -0.2) is 4.98 Å². The Morgan fingerprint density at radius 1 is 1.26 bits per heavy atom. The lowest BCUT2D eigenvalue weighted by Crippen LogP contribution is -2.29. The van der Waals surface area contributed by atoms with Gasteiger partial charge in [0.15, 0.2) is 5.82 Å². The van der Waals surface area contributed by atoms with Crippen molar-refractivity contribution in [3.8, 4) is 0 Å². The van der Waals surface area contributed by atoms with Crippen LogP contribution in [0.3, 0.4) is 0 Å². The molecule has 1 aromatic carbocycles. The molecule has 6 heteroatoms. The molecule has 0 atom stereocenters. The maximum Gasteiger partial charge on any atom is 0.289 e. The fourth-order valence-electron chi connectivity index (χ4n) is 2.77. The molecule has 0 aliphatic carbocycles. The van der Waals surface area contributed by atoms with E-state index in [1.165, 1.54) is 5.56 Å². The highest BCUT2D eigenvalue weighted by Gasteiger charge is 2.16. The molecule has 1 amide bonds. The van der Waals surface area contributed by atoms with Gasteiger partial charge in [-0.05, 0) is 44.4 Å². The number of aromatic nitrogens is 4. The first kappa shape index (κ1) is 15.3. The van der Waals surface area contributed by atoms with Gasteiger partial charge in [-0.15, -0.1) is 0 Å². The number of amides is 1. The summed E-state index contributed by atoms with van der Waals surface area (Å²) in [4.78, 5) is 21.6. The van der Waals surface area contributed by atoms with Crippen LogP contribution in [0.2, 0.25) is 0 Å². The quantitative estimate of drug-likeness (QED) is 0.760. The summed E-state index contributed by atoms with van der Waals surface area (Å²) in [6, 6.07) is 7.65. The van der Waals surface area contributed by atoms with E-state index in [0.29, 0.717) is 12.4 Å². The molecule has 120 valence electrons. The minimum Gasteiger partial charge on any atom is -0.339 e. The van der Waals surface area contributed by atoms with Crippen LogP contribution < -0.4 is 0 Å². The summed E-state index contributed by atoms with van der Waals surface area (Å²) in [5.41, 5.74) is 5.08. The number of aromatic amines is 2. The van der Waals surface area contributed by atoms with Gasteiger partial charge in [0.25, 0.3) is 5.91 Å². The molecule has 0 unspecified atom stereocenters. The minimum atomic E-state index is -0.0816. The second kappa shape index (κ2) is 6.24. The Labute approximate surface area is 134 Å². The summed E-state index contributed by atoms with van der Waals surface area (Å²) < 4.78 is 0. The summed E-state index contributed by atoms with van der Waals surface area (Å²) in [6.45, 7) is 4.71. The van der Waals surface area contributed by atoms with Crippen LogP contribution >= 0.6 is 0 Å². The molecule has 3 rings (SSSR count). The van der Waals surface area contributed by atoms with Crippen molar-refractivity contribution in [2.24, 2.45) is 0 Å². The Morgan fingerprint density at radius 3 is 2.74 bits per heavy atom. The molecule has 0 radical (unpaired) electrons. The summed E-state index contributed by atoms with van der Waals surface area (Å²) in [7, 11) is 1.81. The highest BCUT2D eigenvalue weighted by molar-refractivity contribution is 5.93. The van der Waals surface area contributed by atoms with E-state index in [0.717, 1.165) is 35.3 Å². The van der Waals surface area contributed by atoms with Crippen LogP contribution in [0.1, 0.15) is 34.0 Å². The van der Waals surface area contributed by atoms with Gasteiger partial charge >= 0.3 is 0 Å². The van der Waals surface area contributed by atoms with E-state index in [-0.39, 0.29) is 5.91 Å². The van der Waals surface area contributed by atoms with Crippen LogP contribution in [0.4, 0.5) is 0 Å². The fraction of sp³-hybridized carbons (Fsp3) is 0.353. The molecule has 6 nitrogen and oxygen atoms in total. The molecule has 23 heavy (non-hydrogen) atoms. The third-order valence-electron chi connectivity index (χ3n) is 4.14. The summed E-state index contributed by atoms with van der Waals surface area (Å²) in [5.74, 6) is 0.311. The number of hydrogen-bond donors (Lipinski definition) is 2. The van der Waals surface area contributed by atoms with Crippen molar-refractivity contribution in [2.45, 2.75) is 26.7 Å². The molecule has 0 aliphatic heterocycles. The number of H-pyrrole nitrogens is 2. The molecule has 2 N–H and O–H groups in total. The largest absolute Gasteiger partial charge is 0.339 e. The SMILES string of the molecule is Cc1n[nH]c(C)c1CCCN(C)C(=O)c1nc2ccccc2[nH]1.